The molecule has 19 heavy (non-hydrogen) atoms. The molecular weight excluding hydrogens is 288 g/mol. The summed E-state index contributed by atoms with van der Waals surface area (Å²) >= 11 is 7.29. The molecule has 0 aromatic carbocycles. The highest BCUT2D eigenvalue weighted by atomic mass is 35.5. The largest absolute Gasteiger partial charge is 0.345 e. The highest BCUT2D eigenvalue weighted by Crippen LogP contribution is 2.26. The number of hydrogen-bond donors (Lipinski definition) is 2. The van der Waals surface area contributed by atoms with Crippen molar-refractivity contribution in [1.82, 2.24) is 30.6 Å². The van der Waals surface area contributed by atoms with E-state index < -0.39 is 0 Å². The third kappa shape index (κ3) is 2.32. The molecule has 0 atom stereocenters. The Kier molecular flexibility index (Phi) is 3.18. The Morgan fingerprint density at radius 2 is 2.37 bits per heavy atom. The fourth-order valence-electron chi connectivity index (χ4n) is 1.66. The molecule has 0 saturated heterocycles. The number of H-pyrrole nitrogens is 2. The summed E-state index contributed by atoms with van der Waals surface area (Å²) in [6.07, 6.45) is 3.20. The first-order chi connectivity index (χ1) is 9.25. The lowest BCUT2D eigenvalue weighted by molar-refractivity contribution is 0.102. The van der Waals surface area contributed by atoms with Gasteiger partial charge in [-0.25, -0.2) is 4.98 Å². The van der Waals surface area contributed by atoms with E-state index in [4.69, 9.17) is 11.6 Å². The first kappa shape index (κ1) is 12.1. The molecule has 2 N–H and O–H groups in total. The number of tetrazole rings is 1. The van der Waals surface area contributed by atoms with E-state index in [9.17, 15) is 4.79 Å². The van der Waals surface area contributed by atoms with Crippen molar-refractivity contribution in [3.8, 4) is 0 Å². The fourth-order valence-corrected chi connectivity index (χ4v) is 2.53. The molecule has 0 saturated carbocycles. The Bertz CT molecular complexity index is 725. The predicted octanol–water partition coefficient (Wildman–Crippen LogP) is 1.70. The van der Waals surface area contributed by atoms with Crippen molar-refractivity contribution in [2.24, 2.45) is 0 Å². The second kappa shape index (κ2) is 4.98. The molecule has 0 bridgehead atoms. The summed E-state index contributed by atoms with van der Waals surface area (Å²) in [4.78, 5) is 19.2. The lowest BCUT2D eigenvalue weighted by Crippen LogP contribution is -2.02. The molecular formula is C10H7ClN6OS. The maximum absolute atomic E-state index is 12.2. The van der Waals surface area contributed by atoms with Crippen LogP contribution in [0.25, 0.3) is 11.0 Å². The van der Waals surface area contributed by atoms with Gasteiger partial charge in [-0.3, -0.25) is 4.79 Å². The molecule has 0 unspecified atom stereocenters. The van der Waals surface area contributed by atoms with Crippen molar-refractivity contribution in [3.63, 3.8) is 0 Å². The van der Waals surface area contributed by atoms with Crippen LogP contribution in [-0.4, -0.2) is 42.1 Å². The Morgan fingerprint density at radius 1 is 1.47 bits per heavy atom. The van der Waals surface area contributed by atoms with Crippen molar-refractivity contribution < 1.29 is 4.79 Å². The first-order valence-corrected chi connectivity index (χ1v) is 6.63. The molecule has 0 spiro atoms. The summed E-state index contributed by atoms with van der Waals surface area (Å²) in [7, 11) is 0. The highest BCUT2D eigenvalue weighted by Gasteiger charge is 2.16. The fraction of sp³-hybridized carbons (Fsp3) is 0.100. The number of rotatable bonds is 4. The van der Waals surface area contributed by atoms with Gasteiger partial charge in [0.15, 0.2) is 5.78 Å². The first-order valence-electron chi connectivity index (χ1n) is 5.27. The van der Waals surface area contributed by atoms with Crippen molar-refractivity contribution >= 4 is 40.2 Å². The van der Waals surface area contributed by atoms with Crippen LogP contribution >= 0.6 is 23.4 Å². The Morgan fingerprint density at radius 3 is 3.16 bits per heavy atom. The van der Waals surface area contributed by atoms with Gasteiger partial charge >= 0.3 is 0 Å². The smallest absolute Gasteiger partial charge is 0.231 e. The second-order valence-corrected chi connectivity index (χ2v) is 4.97. The number of ketones is 1. The van der Waals surface area contributed by atoms with Gasteiger partial charge < -0.3 is 4.98 Å². The zero-order chi connectivity index (χ0) is 13.2. The third-order valence-corrected chi connectivity index (χ3v) is 3.63. The van der Waals surface area contributed by atoms with E-state index in [1.165, 1.54) is 11.8 Å². The summed E-state index contributed by atoms with van der Waals surface area (Å²) in [6, 6.07) is 1.65. The maximum Gasteiger partial charge on any atom is 0.231 e. The number of nitrogens with one attached hydrogen (secondary N) is 2. The van der Waals surface area contributed by atoms with E-state index in [2.05, 4.69) is 30.6 Å². The van der Waals surface area contributed by atoms with Crippen LogP contribution in [0.15, 0.2) is 23.6 Å². The SMILES string of the molecule is O=C(CSc1nn[nH]n1)c1c[nH]c2nccc(Cl)c12. The molecule has 3 aromatic heterocycles. The van der Waals surface area contributed by atoms with Crippen LogP contribution in [-0.2, 0) is 0 Å². The van der Waals surface area contributed by atoms with Crippen LogP contribution in [0.1, 0.15) is 10.4 Å². The van der Waals surface area contributed by atoms with Gasteiger partial charge in [0.1, 0.15) is 5.65 Å². The number of halogens is 1. The third-order valence-electron chi connectivity index (χ3n) is 2.48. The number of aromatic amines is 2. The molecule has 7 nitrogen and oxygen atoms in total. The van der Waals surface area contributed by atoms with Crippen molar-refractivity contribution in [2.45, 2.75) is 5.16 Å². The van der Waals surface area contributed by atoms with Gasteiger partial charge in [-0.05, 0) is 11.3 Å². The van der Waals surface area contributed by atoms with E-state index >= 15 is 0 Å². The summed E-state index contributed by atoms with van der Waals surface area (Å²) < 4.78 is 0. The molecule has 3 rings (SSSR count). The Labute approximate surface area is 116 Å². The number of aromatic nitrogens is 6. The lowest BCUT2D eigenvalue weighted by atomic mass is 10.1. The zero-order valence-corrected chi connectivity index (χ0v) is 11.0. The molecule has 9 heteroatoms. The number of fused-ring (bicyclic) bond motifs is 1. The van der Waals surface area contributed by atoms with Crippen LogP contribution in [0.3, 0.4) is 0 Å². The van der Waals surface area contributed by atoms with Crippen molar-refractivity contribution in [3.05, 3.63) is 29.0 Å². The van der Waals surface area contributed by atoms with Gasteiger partial charge in [-0.2, -0.15) is 5.21 Å². The molecule has 3 aromatic rings. The number of Topliss-reactive ketones (excluding diaryl/α,β-unsaturated/α-hetero) is 1. The van der Waals surface area contributed by atoms with Gasteiger partial charge in [0.25, 0.3) is 0 Å². The van der Waals surface area contributed by atoms with E-state index in [-0.39, 0.29) is 11.5 Å². The van der Waals surface area contributed by atoms with Crippen LogP contribution in [0.5, 0.6) is 0 Å². The van der Waals surface area contributed by atoms with Gasteiger partial charge in [-0.15, -0.1) is 10.2 Å². The quantitative estimate of drug-likeness (QED) is 0.561. The van der Waals surface area contributed by atoms with E-state index in [0.717, 1.165) is 0 Å². The number of thioether (sulfide) groups is 1. The molecule has 0 aliphatic carbocycles. The number of pyridine rings is 1. The van der Waals surface area contributed by atoms with Gasteiger partial charge in [0, 0.05) is 23.3 Å². The minimum Gasteiger partial charge on any atom is -0.345 e. The van der Waals surface area contributed by atoms with Crippen LogP contribution < -0.4 is 0 Å². The average molecular weight is 295 g/mol. The van der Waals surface area contributed by atoms with Crippen LogP contribution in [0.4, 0.5) is 0 Å². The van der Waals surface area contributed by atoms with Crippen LogP contribution in [0, 0.1) is 0 Å². The van der Waals surface area contributed by atoms with Crippen molar-refractivity contribution in [2.75, 3.05) is 5.75 Å². The second-order valence-electron chi connectivity index (χ2n) is 3.62. The van der Waals surface area contributed by atoms with Gasteiger partial charge in [-0.1, -0.05) is 23.4 Å². The van der Waals surface area contributed by atoms with Gasteiger partial charge in [0.05, 0.1) is 10.8 Å². The Hall–Kier alpha value is -1.93. The molecule has 96 valence electrons. The van der Waals surface area contributed by atoms with E-state index in [1.54, 1.807) is 18.5 Å². The van der Waals surface area contributed by atoms with Crippen molar-refractivity contribution in [1.29, 1.82) is 0 Å². The topological polar surface area (TPSA) is 100 Å². The summed E-state index contributed by atoms with van der Waals surface area (Å²) in [6.45, 7) is 0. The monoisotopic (exact) mass is 294 g/mol. The normalized spacial score (nSPS) is 11.0. The number of carbonyl (C=O) groups is 1. The minimum absolute atomic E-state index is 0.0732. The van der Waals surface area contributed by atoms with Crippen LogP contribution in [0.2, 0.25) is 5.02 Å². The molecule has 3 heterocycles. The molecule has 0 fully saturated rings. The standard InChI is InChI=1S/C10H7ClN6OS/c11-6-1-2-12-9-8(6)5(3-13-9)7(18)4-19-10-14-16-17-15-10/h1-3H,4H2,(H,12,13)(H,14,15,16,17). The minimum atomic E-state index is -0.0732. The molecule has 0 radical (unpaired) electrons. The molecule has 0 amide bonds. The lowest BCUT2D eigenvalue weighted by Gasteiger charge is -1.98. The predicted molar refractivity (Wildman–Crippen MR) is 70.3 cm³/mol. The zero-order valence-electron chi connectivity index (χ0n) is 9.42. The summed E-state index contributed by atoms with van der Waals surface area (Å²) in [5.41, 5.74) is 1.12. The number of nitrogens with zero attached hydrogens (tertiary/aromatic N) is 4. The highest BCUT2D eigenvalue weighted by molar-refractivity contribution is 7.99. The average Bonchev–Trinajstić information content (AvgIpc) is 3.05. The summed E-state index contributed by atoms with van der Waals surface area (Å²) in [5, 5.41) is 14.9. The molecule has 0 aliphatic rings. The van der Waals surface area contributed by atoms with Gasteiger partial charge in [0.2, 0.25) is 5.16 Å². The van der Waals surface area contributed by atoms with E-state index in [0.29, 0.717) is 26.8 Å². The van der Waals surface area contributed by atoms with E-state index in [1.807, 2.05) is 0 Å². The Balaban J connectivity index is 1.85. The number of hydrogen-bond acceptors (Lipinski definition) is 6. The number of carbonyl (C=O) groups excluding carboxylic acids is 1. The molecule has 0 aliphatic heterocycles. The maximum atomic E-state index is 12.2. The summed E-state index contributed by atoms with van der Waals surface area (Å²) in [5.74, 6) is 0.133.